The zero-order valence-corrected chi connectivity index (χ0v) is 42.9. The van der Waals surface area contributed by atoms with Crippen LogP contribution in [-0.4, -0.2) is 0 Å². The average Bonchev–Trinajstić information content (AvgIpc) is 3.56. The molecule has 0 unspecified atom stereocenters. The zero-order chi connectivity index (χ0) is 39.5. The standard InChI is InChI=1S/4C10H15.4ClH.4Ru/c4*1-6-7(2)9(4)10(5)8(6)3;;;;;;;;/h4*1-5H3;4*1H;;;;/q4*-1;;;;;4*+2/p-4. The fraction of sp³-hybridized carbons (Fsp3) is 0.500. The Kier molecular flexibility index (Phi) is 33.2. The first-order chi connectivity index (χ1) is 22.2. The van der Waals surface area contributed by atoms with Crippen molar-refractivity contribution in [3.8, 4) is 0 Å². The summed E-state index contributed by atoms with van der Waals surface area (Å²) in [4.78, 5) is 0. The molecule has 0 atom stereocenters. The van der Waals surface area contributed by atoms with Gasteiger partial charge in [-0.05, 0) is 0 Å². The molecule has 0 aliphatic rings. The fourth-order valence-electron chi connectivity index (χ4n) is 5.62. The molecule has 4 aromatic rings. The van der Waals surface area contributed by atoms with Crippen LogP contribution >= 0.6 is 38.8 Å². The van der Waals surface area contributed by atoms with Gasteiger partial charge in [-0.1, -0.05) is 138 Å². The van der Waals surface area contributed by atoms with Gasteiger partial charge >= 0.3 is 108 Å². The Morgan fingerprint density at radius 1 is 0.229 bits per heavy atom. The summed E-state index contributed by atoms with van der Waals surface area (Å²) in [5.74, 6) is 0. The molecule has 0 saturated carbocycles. The minimum absolute atomic E-state index is 1.47. The molecule has 8 heteroatoms. The van der Waals surface area contributed by atoms with Crippen LogP contribution in [0.1, 0.15) is 111 Å². The van der Waals surface area contributed by atoms with Crippen molar-refractivity contribution in [2.45, 2.75) is 138 Å². The van der Waals surface area contributed by atoms with Crippen LogP contribution in [0, 0.1) is 138 Å². The molecule has 0 saturated heterocycles. The van der Waals surface area contributed by atoms with Gasteiger partial charge in [0.05, 0.1) is 0 Å². The molecule has 0 aliphatic carbocycles. The van der Waals surface area contributed by atoms with E-state index in [0.29, 0.717) is 0 Å². The first-order valence-electron chi connectivity index (χ1n) is 15.5. The quantitative estimate of drug-likeness (QED) is 0.122. The molecule has 4 aromatic carbocycles. The molecule has 4 rings (SSSR count). The van der Waals surface area contributed by atoms with Crippen molar-refractivity contribution in [3.63, 3.8) is 0 Å². The molecule has 0 amide bonds. The molecule has 0 aromatic heterocycles. The van der Waals surface area contributed by atoms with Gasteiger partial charge in [-0.15, -0.1) is 0 Å². The predicted octanol–water partition coefficient (Wildman–Crippen LogP) is 14.5. The third-order valence-corrected chi connectivity index (χ3v) is 11.2. The number of rotatable bonds is 0. The molecule has 0 nitrogen and oxygen atoms in total. The van der Waals surface area contributed by atoms with Crippen LogP contribution in [0.2, 0.25) is 0 Å². The molecule has 0 radical (unpaired) electrons. The van der Waals surface area contributed by atoms with Gasteiger partial charge in [0, 0.05) is 0 Å². The summed E-state index contributed by atoms with van der Waals surface area (Å²) in [7, 11) is 18.3. The van der Waals surface area contributed by atoms with Crippen LogP contribution in [0.4, 0.5) is 0 Å². The number of hydrogen-bond acceptors (Lipinski definition) is 0. The Morgan fingerprint density at radius 2 is 0.292 bits per heavy atom. The predicted molar refractivity (Wildman–Crippen MR) is 206 cm³/mol. The second-order valence-electron chi connectivity index (χ2n) is 12.5. The Balaban J connectivity index is -0.000000251. The zero-order valence-electron chi connectivity index (χ0n) is 32.9. The van der Waals surface area contributed by atoms with E-state index in [-0.39, 0.29) is 0 Å². The molecule has 0 spiro atoms. The van der Waals surface area contributed by atoms with Gasteiger partial charge in [0.1, 0.15) is 0 Å². The van der Waals surface area contributed by atoms with E-state index in [1.54, 1.807) is 0 Å². The van der Waals surface area contributed by atoms with Crippen LogP contribution in [-0.2, 0) is 69.2 Å². The van der Waals surface area contributed by atoms with E-state index in [1.807, 2.05) is 69.2 Å². The molecule has 0 bridgehead atoms. The third kappa shape index (κ3) is 15.2. The average molecular weight is 1090 g/mol. The second-order valence-corrected chi connectivity index (χ2v) is 12.5. The summed E-state index contributed by atoms with van der Waals surface area (Å²) in [6, 6.07) is 0. The summed E-state index contributed by atoms with van der Waals surface area (Å²) in [6.07, 6.45) is 0. The fourth-order valence-corrected chi connectivity index (χ4v) is 5.62. The van der Waals surface area contributed by atoms with Gasteiger partial charge in [-0.25, -0.2) is 0 Å². The molecule has 0 aliphatic heterocycles. The van der Waals surface area contributed by atoms with Crippen LogP contribution in [0.5, 0.6) is 0 Å². The van der Waals surface area contributed by atoms with Crippen LogP contribution in [0.3, 0.4) is 0 Å². The van der Waals surface area contributed by atoms with Crippen molar-refractivity contribution in [3.05, 3.63) is 111 Å². The second kappa shape index (κ2) is 28.5. The Hall–Kier alpha value is 1.05. The van der Waals surface area contributed by atoms with Crippen molar-refractivity contribution in [1.29, 1.82) is 0 Å². The SMILES string of the molecule is Cc1c(C)c(C)[c-](C)c1C.Cc1c(C)c(C)[c-](C)c1C.Cc1c(C)c(C)[c-](C)c1C.Cc1c(C)c(C)[c-](C)c1C.[Cl][Ru+].[Cl][Ru+].[Cl][Ru+].[Cl][Ru+]. The van der Waals surface area contributed by atoms with E-state index < -0.39 is 0 Å². The summed E-state index contributed by atoms with van der Waals surface area (Å²) in [6.45, 7) is 44.0. The monoisotopic (exact) mass is 1090 g/mol. The van der Waals surface area contributed by atoms with E-state index in [4.69, 9.17) is 0 Å². The topological polar surface area (TPSA) is 0 Å². The Labute approximate surface area is 353 Å². The molecular formula is C40H60Cl4Ru4. The molecule has 48 heavy (non-hydrogen) atoms. The Morgan fingerprint density at radius 3 is 0.312 bits per heavy atom. The van der Waals surface area contributed by atoms with Gasteiger partial charge in [-0.2, -0.15) is 111 Å². The molecule has 0 N–H and O–H groups in total. The minimum atomic E-state index is 1.47. The maximum absolute atomic E-state index is 4.57. The molecule has 280 valence electrons. The van der Waals surface area contributed by atoms with Crippen molar-refractivity contribution < 1.29 is 69.2 Å². The van der Waals surface area contributed by atoms with Gasteiger partial charge < -0.3 is 0 Å². The first-order valence-corrected chi connectivity index (χ1v) is 24.5. The Bertz CT molecular complexity index is 949. The normalized spacial score (nSPS) is 9.25. The first kappa shape index (κ1) is 55.8. The van der Waals surface area contributed by atoms with Gasteiger partial charge in [0.25, 0.3) is 0 Å². The summed E-state index contributed by atoms with van der Waals surface area (Å²) >= 11 is 7.29. The van der Waals surface area contributed by atoms with Gasteiger partial charge in [0.15, 0.2) is 0 Å². The van der Waals surface area contributed by atoms with Crippen molar-refractivity contribution in [2.75, 3.05) is 0 Å². The summed E-state index contributed by atoms with van der Waals surface area (Å²) < 4.78 is 0. The van der Waals surface area contributed by atoms with Crippen molar-refractivity contribution in [1.82, 2.24) is 0 Å². The van der Waals surface area contributed by atoms with E-state index in [1.165, 1.54) is 111 Å². The van der Waals surface area contributed by atoms with Gasteiger partial charge in [0.2, 0.25) is 0 Å². The van der Waals surface area contributed by atoms with E-state index >= 15 is 0 Å². The maximum atomic E-state index is 4.57. The van der Waals surface area contributed by atoms with Crippen LogP contribution < -0.4 is 0 Å². The van der Waals surface area contributed by atoms with Crippen LogP contribution in [0.25, 0.3) is 0 Å². The third-order valence-electron chi connectivity index (χ3n) is 11.2. The van der Waals surface area contributed by atoms with Crippen LogP contribution in [0.15, 0.2) is 0 Å². The molecule has 0 heterocycles. The van der Waals surface area contributed by atoms with Crippen molar-refractivity contribution in [2.24, 2.45) is 0 Å². The number of halogens is 4. The molecular weight excluding hydrogens is 1030 g/mol. The summed E-state index contributed by atoms with van der Waals surface area (Å²) in [5.41, 5.74) is 29.4. The summed E-state index contributed by atoms with van der Waals surface area (Å²) in [5, 5.41) is 0. The van der Waals surface area contributed by atoms with E-state index in [9.17, 15) is 0 Å². The van der Waals surface area contributed by atoms with Gasteiger partial charge in [-0.3, -0.25) is 0 Å². The molecule has 0 fully saturated rings. The van der Waals surface area contributed by atoms with Crippen molar-refractivity contribution >= 4 is 38.8 Å². The van der Waals surface area contributed by atoms with E-state index in [0.717, 1.165) is 0 Å². The number of hydrogen-bond donors (Lipinski definition) is 0. The van der Waals surface area contributed by atoms with E-state index in [2.05, 4.69) is 177 Å².